The number of aryl methyl sites for hydroxylation is 1. The van der Waals surface area contributed by atoms with E-state index in [1.54, 1.807) is 35.9 Å². The number of likely N-dealkylation sites (N-methyl/N-ethyl adjacent to an activating group) is 1. The third kappa shape index (κ3) is 3.82. The molecule has 0 radical (unpaired) electrons. The molecule has 1 aliphatic carbocycles. The van der Waals surface area contributed by atoms with Crippen molar-refractivity contribution < 1.29 is 9.53 Å². The highest BCUT2D eigenvalue weighted by atomic mass is 32.1. The van der Waals surface area contributed by atoms with E-state index in [9.17, 15) is 4.79 Å². The molecule has 1 amide bonds. The molecular weight excluding hydrogens is 424 g/mol. The molecule has 4 aromatic rings. The van der Waals surface area contributed by atoms with Crippen molar-refractivity contribution in [3.05, 3.63) is 47.4 Å². The summed E-state index contributed by atoms with van der Waals surface area (Å²) >= 11 is 1.68. The topological polar surface area (TPSA) is 84.6 Å². The average molecular weight is 451 g/mol. The SMILES string of the molecule is CO[C@H](C)CN(C)C(=O)[C@H]1CCc2c(sc3ncnc(Nc4ccn5nccc5c4)c23)C1. The van der Waals surface area contributed by atoms with Gasteiger partial charge in [-0.1, -0.05) is 0 Å². The molecule has 0 aromatic carbocycles. The Morgan fingerprint density at radius 3 is 3.12 bits per heavy atom. The molecule has 0 fully saturated rings. The van der Waals surface area contributed by atoms with Crippen molar-refractivity contribution >= 4 is 44.5 Å². The van der Waals surface area contributed by atoms with E-state index in [1.807, 2.05) is 42.9 Å². The van der Waals surface area contributed by atoms with Crippen LogP contribution < -0.4 is 5.32 Å². The number of nitrogens with zero attached hydrogens (tertiary/aromatic N) is 5. The third-order valence-corrected chi connectivity index (χ3v) is 7.33. The van der Waals surface area contributed by atoms with Crippen LogP contribution in [0.25, 0.3) is 15.7 Å². The number of fused-ring (bicyclic) bond motifs is 4. The lowest BCUT2D eigenvalue weighted by atomic mass is 9.87. The zero-order valence-corrected chi connectivity index (χ0v) is 19.2. The molecule has 4 aromatic heterocycles. The number of aromatic nitrogens is 4. The van der Waals surface area contributed by atoms with Crippen LogP contribution in [-0.2, 0) is 22.4 Å². The summed E-state index contributed by atoms with van der Waals surface area (Å²) in [7, 11) is 3.54. The van der Waals surface area contributed by atoms with Gasteiger partial charge in [0.05, 0.1) is 17.0 Å². The van der Waals surface area contributed by atoms with Gasteiger partial charge in [-0.15, -0.1) is 11.3 Å². The van der Waals surface area contributed by atoms with E-state index in [1.165, 1.54) is 10.4 Å². The zero-order valence-electron chi connectivity index (χ0n) is 18.4. The first-order chi connectivity index (χ1) is 15.5. The van der Waals surface area contributed by atoms with E-state index in [-0.39, 0.29) is 17.9 Å². The van der Waals surface area contributed by atoms with Gasteiger partial charge in [-0.05, 0) is 49.9 Å². The third-order valence-electron chi connectivity index (χ3n) is 6.17. The molecule has 8 nitrogen and oxygen atoms in total. The van der Waals surface area contributed by atoms with Crippen LogP contribution in [-0.4, -0.2) is 57.2 Å². The summed E-state index contributed by atoms with van der Waals surface area (Å²) in [5, 5.41) is 8.79. The Morgan fingerprint density at radius 1 is 1.41 bits per heavy atom. The number of amides is 1. The first-order valence-electron chi connectivity index (χ1n) is 10.8. The number of carbonyl (C=O) groups is 1. The van der Waals surface area contributed by atoms with Crippen molar-refractivity contribution in [3.8, 4) is 0 Å². The Kier molecular flexibility index (Phi) is 5.52. The fourth-order valence-corrected chi connectivity index (χ4v) is 5.68. The molecule has 0 saturated carbocycles. The molecule has 2 atom stereocenters. The highest BCUT2D eigenvalue weighted by Crippen LogP contribution is 2.40. The summed E-state index contributed by atoms with van der Waals surface area (Å²) < 4.78 is 7.14. The highest BCUT2D eigenvalue weighted by Gasteiger charge is 2.31. The van der Waals surface area contributed by atoms with E-state index in [0.29, 0.717) is 6.54 Å². The molecule has 9 heteroatoms. The van der Waals surface area contributed by atoms with Crippen LogP contribution in [0.15, 0.2) is 36.9 Å². The molecule has 5 rings (SSSR count). The molecule has 0 unspecified atom stereocenters. The number of rotatable bonds is 6. The van der Waals surface area contributed by atoms with E-state index in [2.05, 4.69) is 20.4 Å². The maximum absolute atomic E-state index is 13.0. The Hall–Kier alpha value is -3.04. The predicted molar refractivity (Wildman–Crippen MR) is 126 cm³/mol. The van der Waals surface area contributed by atoms with Crippen molar-refractivity contribution in [2.45, 2.75) is 32.3 Å². The van der Waals surface area contributed by atoms with Gasteiger partial charge < -0.3 is 15.0 Å². The van der Waals surface area contributed by atoms with E-state index in [4.69, 9.17) is 4.74 Å². The lowest BCUT2D eigenvalue weighted by molar-refractivity contribution is -0.135. The molecule has 0 bridgehead atoms. The van der Waals surface area contributed by atoms with Crippen LogP contribution in [0.5, 0.6) is 0 Å². The number of nitrogens with one attached hydrogen (secondary N) is 1. The molecule has 0 saturated heterocycles. The number of pyridine rings is 1. The van der Waals surface area contributed by atoms with E-state index < -0.39 is 0 Å². The summed E-state index contributed by atoms with van der Waals surface area (Å²) in [6.45, 7) is 2.58. The van der Waals surface area contributed by atoms with Crippen molar-refractivity contribution in [1.82, 2.24) is 24.5 Å². The first kappa shape index (κ1) is 20.8. The summed E-state index contributed by atoms with van der Waals surface area (Å²) in [5.41, 5.74) is 3.24. The van der Waals surface area contributed by atoms with Gasteiger partial charge in [0.25, 0.3) is 0 Å². The van der Waals surface area contributed by atoms with Gasteiger partial charge in [-0.2, -0.15) is 5.10 Å². The number of methoxy groups -OCH3 is 1. The quantitative estimate of drug-likeness (QED) is 0.482. The molecular formula is C23H26N6O2S. The standard InChI is InChI=1S/C23H26N6O2S/c1-14(31-3)12-28(2)23(30)15-4-5-18-19(10-15)32-22-20(18)21(24-13-25-22)27-16-7-9-29-17(11-16)6-8-26-29/h6-9,11,13-15H,4-5,10,12H2,1-3H3,(H,24,25,27)/t14-,15+/m1/s1. The monoisotopic (exact) mass is 450 g/mol. The number of thiophene rings is 1. The molecule has 1 N–H and O–H groups in total. The molecule has 4 heterocycles. The number of ether oxygens (including phenoxy) is 1. The van der Waals surface area contributed by atoms with Gasteiger partial charge in [-0.3, -0.25) is 4.79 Å². The van der Waals surface area contributed by atoms with Gasteiger partial charge in [-0.25, -0.2) is 14.5 Å². The van der Waals surface area contributed by atoms with E-state index >= 15 is 0 Å². The number of hydrogen-bond acceptors (Lipinski definition) is 7. The lowest BCUT2D eigenvalue weighted by Crippen LogP contribution is -2.39. The fraction of sp³-hybridized carbons (Fsp3) is 0.391. The van der Waals surface area contributed by atoms with Crippen LogP contribution in [0.4, 0.5) is 11.5 Å². The van der Waals surface area contributed by atoms with Crippen molar-refractivity contribution in [1.29, 1.82) is 0 Å². The summed E-state index contributed by atoms with van der Waals surface area (Å²) in [6, 6.07) is 6.00. The molecule has 32 heavy (non-hydrogen) atoms. The van der Waals surface area contributed by atoms with Crippen LogP contribution >= 0.6 is 11.3 Å². The Labute approximate surface area is 190 Å². The Morgan fingerprint density at radius 2 is 2.28 bits per heavy atom. The summed E-state index contributed by atoms with van der Waals surface area (Å²) in [6.07, 6.45) is 7.77. The largest absolute Gasteiger partial charge is 0.380 e. The van der Waals surface area contributed by atoms with Crippen LogP contribution in [0.2, 0.25) is 0 Å². The van der Waals surface area contributed by atoms with Crippen LogP contribution in [0.1, 0.15) is 23.8 Å². The molecule has 0 aliphatic heterocycles. The minimum atomic E-state index is -0.00161. The van der Waals surface area contributed by atoms with Gasteiger partial charge in [0.15, 0.2) is 0 Å². The minimum absolute atomic E-state index is 0.00161. The number of carbonyl (C=O) groups excluding carboxylic acids is 1. The fourth-order valence-electron chi connectivity index (χ4n) is 4.41. The Balaban J connectivity index is 1.40. The molecule has 0 spiro atoms. The summed E-state index contributed by atoms with van der Waals surface area (Å²) in [5.74, 6) is 1.00. The van der Waals surface area contributed by atoms with Crippen LogP contribution in [0, 0.1) is 5.92 Å². The average Bonchev–Trinajstić information content (AvgIpc) is 3.42. The predicted octanol–water partition coefficient (Wildman–Crippen LogP) is 3.68. The lowest BCUT2D eigenvalue weighted by Gasteiger charge is -2.28. The smallest absolute Gasteiger partial charge is 0.225 e. The molecule has 166 valence electrons. The maximum Gasteiger partial charge on any atom is 0.225 e. The second kappa shape index (κ2) is 8.48. The van der Waals surface area contributed by atoms with Crippen molar-refractivity contribution in [2.75, 3.05) is 26.0 Å². The Bertz CT molecular complexity index is 1280. The van der Waals surface area contributed by atoms with Gasteiger partial charge >= 0.3 is 0 Å². The second-order valence-electron chi connectivity index (χ2n) is 8.35. The zero-order chi connectivity index (χ0) is 22.2. The van der Waals surface area contributed by atoms with Gasteiger partial charge in [0.2, 0.25) is 5.91 Å². The summed E-state index contributed by atoms with van der Waals surface area (Å²) in [4.78, 5) is 26.1. The van der Waals surface area contributed by atoms with Gasteiger partial charge in [0.1, 0.15) is 17.0 Å². The first-order valence-corrected chi connectivity index (χ1v) is 11.6. The highest BCUT2D eigenvalue weighted by molar-refractivity contribution is 7.19. The number of anilines is 2. The van der Waals surface area contributed by atoms with Gasteiger partial charge in [0, 0.05) is 49.6 Å². The maximum atomic E-state index is 13.0. The van der Waals surface area contributed by atoms with Crippen LogP contribution in [0.3, 0.4) is 0 Å². The number of hydrogen-bond donors (Lipinski definition) is 1. The minimum Gasteiger partial charge on any atom is -0.380 e. The van der Waals surface area contributed by atoms with E-state index in [0.717, 1.165) is 46.5 Å². The second-order valence-corrected chi connectivity index (χ2v) is 9.44. The van der Waals surface area contributed by atoms with Crippen molar-refractivity contribution in [3.63, 3.8) is 0 Å². The normalized spacial score (nSPS) is 16.8. The van der Waals surface area contributed by atoms with Crippen molar-refractivity contribution in [2.24, 2.45) is 5.92 Å². The molecule has 1 aliphatic rings.